The van der Waals surface area contributed by atoms with E-state index in [0.717, 1.165) is 54.8 Å². The molecule has 0 N–H and O–H groups in total. The minimum absolute atomic E-state index is 0.224. The van der Waals surface area contributed by atoms with Crippen LogP contribution < -0.4 is 10.5 Å². The maximum Gasteiger partial charge on any atom is 0.259 e. The number of hydrogen-bond acceptors (Lipinski definition) is 4. The van der Waals surface area contributed by atoms with Gasteiger partial charge in [0.05, 0.1) is 5.56 Å². The summed E-state index contributed by atoms with van der Waals surface area (Å²) in [6.45, 7) is 5.14. The number of rotatable bonds is 5. The Morgan fingerprint density at radius 1 is 1.14 bits per heavy atom. The van der Waals surface area contributed by atoms with Gasteiger partial charge in [-0.2, -0.15) is 0 Å². The highest BCUT2D eigenvalue weighted by Crippen LogP contribution is 2.28. The summed E-state index contributed by atoms with van der Waals surface area (Å²) in [4.78, 5) is 20.0. The van der Waals surface area contributed by atoms with Crippen molar-refractivity contribution in [2.45, 2.75) is 63.6 Å². The fraction of sp³-hybridized carbons (Fsp3) is 0.750. The number of nitrogens with zero attached hydrogens (tertiary/aromatic N) is 3. The average Bonchev–Trinajstić information content (AvgIpc) is 2.99. The molecule has 0 atom stereocenters. The van der Waals surface area contributed by atoms with Crippen LogP contribution in [0.1, 0.15) is 51.0 Å². The van der Waals surface area contributed by atoms with E-state index >= 15 is 0 Å². The molecule has 2 aliphatic rings. The Bertz CT molecular complexity index is 549. The van der Waals surface area contributed by atoms with Gasteiger partial charge in [-0.05, 0) is 32.1 Å². The molecule has 0 amide bonds. The Morgan fingerprint density at radius 2 is 1.95 bits per heavy atom. The predicted octanol–water partition coefficient (Wildman–Crippen LogP) is 3.07. The average molecular weight is 307 g/mol. The third kappa shape index (κ3) is 3.12. The molecule has 1 saturated heterocycles. The molecule has 0 unspecified atom stereocenters. The van der Waals surface area contributed by atoms with Gasteiger partial charge in [-0.1, -0.05) is 31.5 Å². The second-order valence-corrected chi connectivity index (χ2v) is 7.07. The van der Waals surface area contributed by atoms with Gasteiger partial charge in [-0.3, -0.25) is 9.36 Å². The monoisotopic (exact) mass is 307 g/mol. The number of unbranched alkanes of at least 4 members (excludes halogenated alkanes) is 2. The largest absolute Gasteiger partial charge is 0.356 e. The van der Waals surface area contributed by atoms with Crippen molar-refractivity contribution in [3.63, 3.8) is 0 Å². The van der Waals surface area contributed by atoms with E-state index in [2.05, 4.69) is 11.8 Å². The van der Waals surface area contributed by atoms with Gasteiger partial charge < -0.3 is 4.90 Å². The van der Waals surface area contributed by atoms with Crippen molar-refractivity contribution in [3.05, 3.63) is 15.9 Å². The summed E-state index contributed by atoms with van der Waals surface area (Å²) in [5, 5.41) is 0.930. The highest BCUT2D eigenvalue weighted by Gasteiger charge is 2.24. The molecule has 0 radical (unpaired) electrons. The van der Waals surface area contributed by atoms with Gasteiger partial charge in [0.1, 0.15) is 5.82 Å². The molecule has 0 aromatic carbocycles. The van der Waals surface area contributed by atoms with E-state index in [0.29, 0.717) is 0 Å². The molecule has 3 rings (SSSR count). The molecule has 1 aromatic rings. The van der Waals surface area contributed by atoms with E-state index < -0.39 is 0 Å². The third-order valence-corrected chi connectivity index (χ3v) is 5.39. The van der Waals surface area contributed by atoms with Crippen molar-refractivity contribution in [3.8, 4) is 0 Å². The molecule has 0 spiro atoms. The third-order valence-electron chi connectivity index (χ3n) is 4.44. The van der Waals surface area contributed by atoms with Crippen LogP contribution in [0.2, 0.25) is 0 Å². The molecule has 1 fully saturated rings. The van der Waals surface area contributed by atoms with E-state index in [4.69, 9.17) is 4.98 Å². The summed E-state index contributed by atoms with van der Waals surface area (Å²) in [6.07, 6.45) is 8.12. The molecule has 5 heteroatoms. The number of piperidine rings is 1. The highest BCUT2D eigenvalue weighted by atomic mass is 32.2. The summed E-state index contributed by atoms with van der Waals surface area (Å²) in [7, 11) is 0. The molecule has 1 aromatic heterocycles. The molecule has 116 valence electrons. The first kappa shape index (κ1) is 14.9. The fourth-order valence-corrected chi connectivity index (χ4v) is 4.17. The summed E-state index contributed by atoms with van der Waals surface area (Å²) in [5.41, 5.74) is 1.19. The van der Waals surface area contributed by atoms with Crippen LogP contribution in [0.25, 0.3) is 0 Å². The van der Waals surface area contributed by atoms with E-state index in [1.807, 2.05) is 4.57 Å². The zero-order valence-corrected chi connectivity index (χ0v) is 13.8. The van der Waals surface area contributed by atoms with Crippen LogP contribution in [0.4, 0.5) is 5.82 Å². The summed E-state index contributed by atoms with van der Waals surface area (Å²) in [6, 6.07) is 0. The first-order valence-electron chi connectivity index (χ1n) is 8.32. The molecule has 0 aliphatic carbocycles. The maximum atomic E-state index is 12.8. The lowest BCUT2D eigenvalue weighted by Crippen LogP contribution is -2.35. The SMILES string of the molecule is CCCCCc1c(N2CCCCC2)nc2n(c1=O)CCS2. The van der Waals surface area contributed by atoms with E-state index in [1.54, 1.807) is 11.8 Å². The lowest BCUT2D eigenvalue weighted by molar-refractivity contribution is 0.557. The predicted molar refractivity (Wildman–Crippen MR) is 88.5 cm³/mol. The van der Waals surface area contributed by atoms with Gasteiger partial charge in [0, 0.05) is 25.4 Å². The highest BCUT2D eigenvalue weighted by molar-refractivity contribution is 7.99. The number of hydrogen-bond donors (Lipinski definition) is 0. The second kappa shape index (κ2) is 6.86. The molecule has 4 nitrogen and oxygen atoms in total. The number of anilines is 1. The second-order valence-electron chi connectivity index (χ2n) is 6.01. The molecule has 0 bridgehead atoms. The van der Waals surface area contributed by atoms with Crippen LogP contribution in [0, 0.1) is 0 Å². The first-order valence-corrected chi connectivity index (χ1v) is 9.31. The smallest absolute Gasteiger partial charge is 0.259 e. The zero-order chi connectivity index (χ0) is 14.7. The van der Waals surface area contributed by atoms with Crippen LogP contribution in [0.15, 0.2) is 9.95 Å². The normalized spacial score (nSPS) is 18.0. The van der Waals surface area contributed by atoms with Crippen LogP contribution in [-0.2, 0) is 13.0 Å². The molecule has 21 heavy (non-hydrogen) atoms. The van der Waals surface area contributed by atoms with Gasteiger partial charge >= 0.3 is 0 Å². The summed E-state index contributed by atoms with van der Waals surface area (Å²) < 4.78 is 1.89. The quantitative estimate of drug-likeness (QED) is 0.619. The molecular weight excluding hydrogens is 282 g/mol. The topological polar surface area (TPSA) is 38.1 Å². The minimum Gasteiger partial charge on any atom is -0.356 e. The van der Waals surface area contributed by atoms with Crippen LogP contribution in [-0.4, -0.2) is 28.4 Å². The molecule has 3 heterocycles. The molecular formula is C16H25N3OS. The van der Waals surface area contributed by atoms with Crippen molar-refractivity contribution in [1.82, 2.24) is 9.55 Å². The Hall–Kier alpha value is -0.970. The Labute approximate surface area is 130 Å². The Kier molecular flexibility index (Phi) is 4.88. The zero-order valence-electron chi connectivity index (χ0n) is 12.9. The summed E-state index contributed by atoms with van der Waals surface area (Å²) >= 11 is 1.72. The van der Waals surface area contributed by atoms with Crippen molar-refractivity contribution in [1.29, 1.82) is 0 Å². The summed E-state index contributed by atoms with van der Waals surface area (Å²) in [5.74, 6) is 1.98. The van der Waals surface area contributed by atoms with E-state index in [-0.39, 0.29) is 5.56 Å². The van der Waals surface area contributed by atoms with Crippen molar-refractivity contribution >= 4 is 17.6 Å². The number of fused-ring (bicyclic) bond motifs is 1. The van der Waals surface area contributed by atoms with Gasteiger partial charge in [-0.25, -0.2) is 4.98 Å². The molecule has 0 saturated carbocycles. The number of aromatic nitrogens is 2. The van der Waals surface area contributed by atoms with Crippen molar-refractivity contribution in [2.24, 2.45) is 0 Å². The van der Waals surface area contributed by atoms with Crippen LogP contribution in [0.5, 0.6) is 0 Å². The van der Waals surface area contributed by atoms with Gasteiger partial charge in [0.2, 0.25) is 0 Å². The lowest BCUT2D eigenvalue weighted by Gasteiger charge is -2.29. The maximum absolute atomic E-state index is 12.8. The minimum atomic E-state index is 0.224. The Morgan fingerprint density at radius 3 is 2.71 bits per heavy atom. The lowest BCUT2D eigenvalue weighted by atomic mass is 10.1. The van der Waals surface area contributed by atoms with E-state index in [1.165, 1.54) is 32.1 Å². The standard InChI is InChI=1S/C16H25N3OS/c1-2-3-5-8-13-14(18-9-6-4-7-10-18)17-16-19(15(13)20)11-12-21-16/h2-12H2,1H3. The van der Waals surface area contributed by atoms with Crippen molar-refractivity contribution < 1.29 is 0 Å². The van der Waals surface area contributed by atoms with E-state index in [9.17, 15) is 4.79 Å². The van der Waals surface area contributed by atoms with Gasteiger partial charge in [0.15, 0.2) is 5.16 Å². The fourth-order valence-electron chi connectivity index (χ4n) is 3.24. The van der Waals surface area contributed by atoms with Crippen LogP contribution in [0.3, 0.4) is 0 Å². The van der Waals surface area contributed by atoms with Crippen LogP contribution >= 0.6 is 11.8 Å². The van der Waals surface area contributed by atoms with Crippen molar-refractivity contribution in [2.75, 3.05) is 23.7 Å². The Balaban J connectivity index is 1.95. The number of thioether (sulfide) groups is 1. The van der Waals surface area contributed by atoms with Gasteiger partial charge in [0.25, 0.3) is 5.56 Å². The molecule has 2 aliphatic heterocycles. The first-order chi connectivity index (χ1) is 10.3. The van der Waals surface area contributed by atoms with Gasteiger partial charge in [-0.15, -0.1) is 0 Å².